The zero-order chi connectivity index (χ0) is 10.7. The van der Waals surface area contributed by atoms with Crippen LogP contribution in [0, 0.1) is 0 Å². The standard InChI is InChI=1S/C11H17N3O/c12-7-9-3-1-5-13-11(9)14-6-2-4-10(15)8-14/h1,3,5,10,15H,2,4,6-8,12H2/t10-/m0/s1. The number of nitrogens with zero attached hydrogens (tertiary/aromatic N) is 2. The van der Waals surface area contributed by atoms with Crippen LogP contribution in [0.15, 0.2) is 18.3 Å². The molecule has 0 radical (unpaired) electrons. The second-order valence-electron chi connectivity index (χ2n) is 3.93. The zero-order valence-electron chi connectivity index (χ0n) is 8.76. The number of β-amino-alcohol motifs (C(OH)–C–C–N with tert-alkyl or cyclic N) is 1. The van der Waals surface area contributed by atoms with Crippen molar-refractivity contribution >= 4 is 5.82 Å². The van der Waals surface area contributed by atoms with Gasteiger partial charge in [-0.05, 0) is 18.9 Å². The summed E-state index contributed by atoms with van der Waals surface area (Å²) >= 11 is 0. The molecule has 2 rings (SSSR count). The van der Waals surface area contributed by atoms with Gasteiger partial charge < -0.3 is 15.7 Å². The summed E-state index contributed by atoms with van der Waals surface area (Å²) in [6.45, 7) is 2.13. The molecule has 1 fully saturated rings. The van der Waals surface area contributed by atoms with Crippen molar-refractivity contribution in [2.75, 3.05) is 18.0 Å². The Hall–Kier alpha value is -1.13. The number of nitrogens with two attached hydrogens (primary N) is 1. The number of hydrogen-bond donors (Lipinski definition) is 2. The molecule has 15 heavy (non-hydrogen) atoms. The predicted octanol–water partition coefficient (Wildman–Crippen LogP) is 0.501. The van der Waals surface area contributed by atoms with Crippen LogP contribution in [0.3, 0.4) is 0 Å². The molecule has 0 aromatic carbocycles. The second kappa shape index (κ2) is 4.59. The Morgan fingerprint density at radius 3 is 3.20 bits per heavy atom. The van der Waals surface area contributed by atoms with E-state index in [0.29, 0.717) is 13.1 Å². The van der Waals surface area contributed by atoms with Crippen molar-refractivity contribution < 1.29 is 5.11 Å². The third kappa shape index (κ3) is 2.27. The summed E-state index contributed by atoms with van der Waals surface area (Å²) in [5.74, 6) is 0.929. The minimum Gasteiger partial charge on any atom is -0.391 e. The topological polar surface area (TPSA) is 62.4 Å². The smallest absolute Gasteiger partial charge is 0.133 e. The molecule has 1 aliphatic rings. The summed E-state index contributed by atoms with van der Waals surface area (Å²) in [6.07, 6.45) is 3.45. The van der Waals surface area contributed by atoms with Gasteiger partial charge in [0.2, 0.25) is 0 Å². The fourth-order valence-electron chi connectivity index (χ4n) is 2.02. The average Bonchev–Trinajstić information content (AvgIpc) is 2.29. The van der Waals surface area contributed by atoms with Gasteiger partial charge in [-0.1, -0.05) is 6.07 Å². The largest absolute Gasteiger partial charge is 0.391 e. The van der Waals surface area contributed by atoms with Gasteiger partial charge in [0.15, 0.2) is 0 Å². The molecular weight excluding hydrogens is 190 g/mol. The van der Waals surface area contributed by atoms with Crippen LogP contribution in [0.1, 0.15) is 18.4 Å². The molecule has 1 aromatic rings. The molecule has 82 valence electrons. The van der Waals surface area contributed by atoms with Crippen LogP contribution in [0.5, 0.6) is 0 Å². The van der Waals surface area contributed by atoms with Crippen molar-refractivity contribution in [3.8, 4) is 0 Å². The monoisotopic (exact) mass is 207 g/mol. The van der Waals surface area contributed by atoms with Gasteiger partial charge in [0.25, 0.3) is 0 Å². The van der Waals surface area contributed by atoms with Crippen molar-refractivity contribution in [1.29, 1.82) is 0 Å². The van der Waals surface area contributed by atoms with Crippen LogP contribution < -0.4 is 10.6 Å². The van der Waals surface area contributed by atoms with Gasteiger partial charge in [-0.25, -0.2) is 4.98 Å². The minimum absolute atomic E-state index is 0.230. The maximum Gasteiger partial charge on any atom is 0.133 e. The Labute approximate surface area is 89.7 Å². The van der Waals surface area contributed by atoms with Gasteiger partial charge >= 0.3 is 0 Å². The Morgan fingerprint density at radius 2 is 2.47 bits per heavy atom. The fraction of sp³-hybridized carbons (Fsp3) is 0.545. The van der Waals surface area contributed by atoms with E-state index in [1.165, 1.54) is 0 Å². The first-order valence-electron chi connectivity index (χ1n) is 5.38. The Balaban J connectivity index is 2.20. The molecule has 1 atom stereocenters. The molecule has 0 spiro atoms. The summed E-state index contributed by atoms with van der Waals surface area (Å²) < 4.78 is 0. The number of pyridine rings is 1. The Morgan fingerprint density at radius 1 is 1.60 bits per heavy atom. The third-order valence-corrected chi connectivity index (χ3v) is 2.78. The van der Waals surface area contributed by atoms with Crippen LogP contribution in [0.4, 0.5) is 5.82 Å². The van der Waals surface area contributed by atoms with Crippen LogP contribution in [0.2, 0.25) is 0 Å². The number of aromatic nitrogens is 1. The molecule has 4 heteroatoms. The highest BCUT2D eigenvalue weighted by Crippen LogP contribution is 2.21. The lowest BCUT2D eigenvalue weighted by atomic mass is 10.1. The predicted molar refractivity (Wildman–Crippen MR) is 59.6 cm³/mol. The average molecular weight is 207 g/mol. The highest BCUT2D eigenvalue weighted by atomic mass is 16.3. The van der Waals surface area contributed by atoms with Gasteiger partial charge in [-0.2, -0.15) is 0 Å². The fourth-order valence-corrected chi connectivity index (χ4v) is 2.02. The van der Waals surface area contributed by atoms with Crippen LogP contribution >= 0.6 is 0 Å². The number of aliphatic hydroxyl groups is 1. The van der Waals surface area contributed by atoms with Crippen LogP contribution in [0.25, 0.3) is 0 Å². The van der Waals surface area contributed by atoms with Gasteiger partial charge in [0.05, 0.1) is 6.10 Å². The summed E-state index contributed by atoms with van der Waals surface area (Å²) in [4.78, 5) is 6.46. The van der Waals surface area contributed by atoms with Crippen molar-refractivity contribution in [3.05, 3.63) is 23.9 Å². The highest BCUT2D eigenvalue weighted by molar-refractivity contribution is 5.47. The third-order valence-electron chi connectivity index (χ3n) is 2.78. The minimum atomic E-state index is -0.230. The van der Waals surface area contributed by atoms with Crippen molar-refractivity contribution in [1.82, 2.24) is 4.98 Å². The molecule has 2 heterocycles. The first-order chi connectivity index (χ1) is 7.31. The normalized spacial score (nSPS) is 21.7. The van der Waals surface area contributed by atoms with E-state index >= 15 is 0 Å². The highest BCUT2D eigenvalue weighted by Gasteiger charge is 2.20. The maximum atomic E-state index is 9.60. The van der Waals surface area contributed by atoms with Crippen molar-refractivity contribution in [2.45, 2.75) is 25.5 Å². The number of piperidine rings is 1. The van der Waals surface area contributed by atoms with E-state index in [1.54, 1.807) is 6.20 Å². The maximum absolute atomic E-state index is 9.60. The molecule has 1 aromatic heterocycles. The van der Waals surface area contributed by atoms with E-state index in [0.717, 1.165) is 30.8 Å². The lowest BCUT2D eigenvalue weighted by Gasteiger charge is -2.32. The summed E-state index contributed by atoms with van der Waals surface area (Å²) in [7, 11) is 0. The molecular formula is C11H17N3O. The molecule has 1 aliphatic heterocycles. The quantitative estimate of drug-likeness (QED) is 0.741. The number of anilines is 1. The lowest BCUT2D eigenvalue weighted by Crippen LogP contribution is -2.39. The molecule has 0 bridgehead atoms. The summed E-state index contributed by atoms with van der Waals surface area (Å²) in [6, 6.07) is 3.88. The molecule has 0 amide bonds. The van der Waals surface area contributed by atoms with Gasteiger partial charge in [-0.3, -0.25) is 0 Å². The van der Waals surface area contributed by atoms with Crippen LogP contribution in [-0.4, -0.2) is 29.3 Å². The van der Waals surface area contributed by atoms with E-state index in [4.69, 9.17) is 5.73 Å². The number of hydrogen-bond acceptors (Lipinski definition) is 4. The van der Waals surface area contributed by atoms with Crippen molar-refractivity contribution in [3.63, 3.8) is 0 Å². The summed E-state index contributed by atoms with van der Waals surface area (Å²) in [5, 5.41) is 9.60. The molecule has 0 unspecified atom stereocenters. The van der Waals surface area contributed by atoms with E-state index in [2.05, 4.69) is 9.88 Å². The Bertz CT molecular complexity index is 329. The van der Waals surface area contributed by atoms with Gasteiger partial charge in [-0.15, -0.1) is 0 Å². The van der Waals surface area contributed by atoms with Gasteiger partial charge in [0, 0.05) is 31.4 Å². The molecule has 0 aliphatic carbocycles. The van der Waals surface area contributed by atoms with E-state index in [-0.39, 0.29) is 6.10 Å². The van der Waals surface area contributed by atoms with Crippen LogP contribution in [-0.2, 0) is 6.54 Å². The van der Waals surface area contributed by atoms with Gasteiger partial charge in [0.1, 0.15) is 5.82 Å². The second-order valence-corrected chi connectivity index (χ2v) is 3.93. The SMILES string of the molecule is NCc1cccnc1N1CCC[C@H](O)C1. The van der Waals surface area contributed by atoms with E-state index < -0.39 is 0 Å². The lowest BCUT2D eigenvalue weighted by molar-refractivity contribution is 0.154. The number of rotatable bonds is 2. The zero-order valence-corrected chi connectivity index (χ0v) is 8.76. The summed E-state index contributed by atoms with van der Waals surface area (Å²) in [5.41, 5.74) is 6.71. The molecule has 1 saturated heterocycles. The first-order valence-corrected chi connectivity index (χ1v) is 5.38. The molecule has 4 nitrogen and oxygen atoms in total. The Kier molecular flexibility index (Phi) is 3.18. The van der Waals surface area contributed by atoms with Crippen molar-refractivity contribution in [2.24, 2.45) is 5.73 Å². The number of aliphatic hydroxyl groups excluding tert-OH is 1. The van der Waals surface area contributed by atoms with E-state index in [1.807, 2.05) is 12.1 Å². The van der Waals surface area contributed by atoms with E-state index in [9.17, 15) is 5.11 Å². The first kappa shape index (κ1) is 10.4. The molecule has 3 N–H and O–H groups in total. The molecule has 0 saturated carbocycles.